The number of ether oxygens (including phenoxy) is 1. The summed E-state index contributed by atoms with van der Waals surface area (Å²) in [5, 5.41) is 0. The molecule has 0 radical (unpaired) electrons. The van der Waals surface area contributed by atoms with Crippen LogP contribution in [-0.4, -0.2) is 51.2 Å². The number of fused-ring (bicyclic) bond motifs is 1. The molecule has 20 heavy (non-hydrogen) atoms. The fourth-order valence-corrected chi connectivity index (χ4v) is 2.79. The van der Waals surface area contributed by atoms with Crippen molar-refractivity contribution in [2.45, 2.75) is 26.8 Å². The summed E-state index contributed by atoms with van der Waals surface area (Å²) in [5.74, 6) is 0.523. The van der Waals surface area contributed by atoms with Gasteiger partial charge in [0.25, 0.3) is 0 Å². The van der Waals surface area contributed by atoms with Crippen LogP contribution in [-0.2, 0) is 0 Å². The average molecular weight is 295 g/mol. The maximum absolute atomic E-state index is 5.43. The lowest BCUT2D eigenvalue weighted by Crippen LogP contribution is -2.29. The van der Waals surface area contributed by atoms with Crippen LogP contribution in [0.4, 0.5) is 0 Å². The number of aromatic amines is 1. The molecule has 0 aliphatic carbocycles. The van der Waals surface area contributed by atoms with Crippen LogP contribution in [0.2, 0.25) is 0 Å². The van der Waals surface area contributed by atoms with Gasteiger partial charge in [0.2, 0.25) is 5.88 Å². The molecular formula is C13H21N5OS. The zero-order valence-corrected chi connectivity index (χ0v) is 13.2. The maximum Gasteiger partial charge on any atom is 0.242 e. The van der Waals surface area contributed by atoms with Crippen molar-refractivity contribution < 1.29 is 4.74 Å². The predicted octanol–water partition coefficient (Wildman–Crippen LogP) is 2.40. The van der Waals surface area contributed by atoms with Gasteiger partial charge in [-0.15, -0.1) is 0 Å². The molecule has 0 bridgehead atoms. The van der Waals surface area contributed by atoms with Crippen molar-refractivity contribution in [1.82, 2.24) is 24.4 Å². The van der Waals surface area contributed by atoms with E-state index in [4.69, 9.17) is 17.0 Å². The zero-order chi connectivity index (χ0) is 14.7. The average Bonchev–Trinajstić information content (AvgIpc) is 2.80. The molecule has 0 aliphatic heterocycles. The van der Waals surface area contributed by atoms with Crippen molar-refractivity contribution in [1.29, 1.82) is 0 Å². The molecule has 0 saturated heterocycles. The second-order valence-corrected chi connectivity index (χ2v) is 5.10. The van der Waals surface area contributed by atoms with Gasteiger partial charge in [0, 0.05) is 12.6 Å². The fourth-order valence-electron chi connectivity index (χ4n) is 2.42. The third-order valence-electron chi connectivity index (χ3n) is 3.52. The van der Waals surface area contributed by atoms with E-state index in [1.165, 1.54) is 6.33 Å². The van der Waals surface area contributed by atoms with E-state index < -0.39 is 0 Å². The molecule has 0 amide bonds. The van der Waals surface area contributed by atoms with Gasteiger partial charge in [-0.3, -0.25) is 4.57 Å². The summed E-state index contributed by atoms with van der Waals surface area (Å²) in [6.45, 7) is 9.45. The Morgan fingerprint density at radius 3 is 2.70 bits per heavy atom. The highest BCUT2D eigenvalue weighted by atomic mass is 32.1. The van der Waals surface area contributed by atoms with Gasteiger partial charge in [-0.25, -0.2) is 4.98 Å². The number of hydrogen-bond acceptors (Lipinski definition) is 5. The van der Waals surface area contributed by atoms with Gasteiger partial charge in [-0.05, 0) is 32.2 Å². The highest BCUT2D eigenvalue weighted by molar-refractivity contribution is 7.71. The number of H-pyrrole nitrogens is 1. The summed E-state index contributed by atoms with van der Waals surface area (Å²) in [6, 6.07) is 0.232. The van der Waals surface area contributed by atoms with E-state index >= 15 is 0 Å². The molecule has 2 heterocycles. The number of rotatable bonds is 6. The van der Waals surface area contributed by atoms with Crippen LogP contribution in [0, 0.1) is 4.77 Å². The number of imidazole rings is 1. The van der Waals surface area contributed by atoms with Gasteiger partial charge >= 0.3 is 0 Å². The topological polar surface area (TPSA) is 59.0 Å². The first-order valence-electron chi connectivity index (χ1n) is 6.83. The van der Waals surface area contributed by atoms with Gasteiger partial charge in [-0.1, -0.05) is 13.8 Å². The van der Waals surface area contributed by atoms with Gasteiger partial charge in [0.15, 0.2) is 10.4 Å². The summed E-state index contributed by atoms with van der Waals surface area (Å²) in [5.41, 5.74) is 1.55. The summed E-state index contributed by atoms with van der Waals surface area (Å²) in [6.07, 6.45) is 1.50. The Kier molecular flexibility index (Phi) is 4.72. The van der Waals surface area contributed by atoms with E-state index in [1.807, 2.05) is 4.57 Å². The lowest BCUT2D eigenvalue weighted by Gasteiger charge is -2.23. The zero-order valence-electron chi connectivity index (χ0n) is 12.4. The molecule has 2 rings (SSSR count). The number of likely N-dealkylation sites (N-methyl/N-ethyl adjacent to an activating group) is 1. The van der Waals surface area contributed by atoms with Crippen LogP contribution < -0.4 is 4.74 Å². The third kappa shape index (κ3) is 2.69. The molecule has 110 valence electrons. The van der Waals surface area contributed by atoms with Crippen molar-refractivity contribution >= 4 is 23.4 Å². The molecule has 0 saturated carbocycles. The Labute approximate surface area is 123 Å². The van der Waals surface area contributed by atoms with Crippen LogP contribution in [0.3, 0.4) is 0 Å². The summed E-state index contributed by atoms with van der Waals surface area (Å²) < 4.78 is 7.93. The molecule has 0 spiro atoms. The Morgan fingerprint density at radius 1 is 1.40 bits per heavy atom. The first-order valence-corrected chi connectivity index (χ1v) is 7.24. The standard InChI is InChI=1S/C13H21N5OS/c1-5-17(6-2)7-9(3)18-11-10(16-13(18)20)12(19-4)15-8-14-11/h8-9H,5-7H2,1-4H3,(H,16,20). The molecule has 0 aliphatic rings. The Morgan fingerprint density at radius 2 is 2.10 bits per heavy atom. The van der Waals surface area contributed by atoms with E-state index in [1.54, 1.807) is 7.11 Å². The number of aromatic nitrogens is 4. The molecule has 6 nitrogen and oxygen atoms in total. The van der Waals surface area contributed by atoms with Gasteiger partial charge < -0.3 is 14.6 Å². The summed E-state index contributed by atoms with van der Waals surface area (Å²) >= 11 is 5.43. The Bertz CT molecular complexity index is 631. The van der Waals surface area contributed by atoms with Crippen LogP contribution in [0.25, 0.3) is 11.2 Å². The van der Waals surface area contributed by atoms with Gasteiger partial charge in [0.05, 0.1) is 7.11 Å². The van der Waals surface area contributed by atoms with Crippen LogP contribution >= 0.6 is 12.2 Å². The van der Waals surface area contributed by atoms with Gasteiger partial charge in [-0.2, -0.15) is 4.98 Å². The number of nitrogens with zero attached hydrogens (tertiary/aromatic N) is 4. The van der Waals surface area contributed by atoms with Crippen molar-refractivity contribution in [2.75, 3.05) is 26.7 Å². The second kappa shape index (κ2) is 6.32. The highest BCUT2D eigenvalue weighted by Gasteiger charge is 2.17. The first-order chi connectivity index (χ1) is 9.62. The largest absolute Gasteiger partial charge is 0.479 e. The smallest absolute Gasteiger partial charge is 0.242 e. The van der Waals surface area contributed by atoms with Crippen molar-refractivity contribution in [3.8, 4) is 5.88 Å². The van der Waals surface area contributed by atoms with Crippen molar-refractivity contribution in [2.24, 2.45) is 0 Å². The maximum atomic E-state index is 5.43. The van der Waals surface area contributed by atoms with Crippen LogP contribution in [0.1, 0.15) is 26.8 Å². The quantitative estimate of drug-likeness (QED) is 0.829. The molecule has 2 aromatic rings. The normalized spacial score (nSPS) is 13.1. The Balaban J connectivity index is 2.44. The highest BCUT2D eigenvalue weighted by Crippen LogP contribution is 2.23. The number of hydrogen-bond donors (Lipinski definition) is 1. The van der Waals surface area contributed by atoms with Crippen molar-refractivity contribution in [3.05, 3.63) is 11.1 Å². The van der Waals surface area contributed by atoms with Crippen molar-refractivity contribution in [3.63, 3.8) is 0 Å². The number of methoxy groups -OCH3 is 1. The molecule has 1 atom stereocenters. The summed E-state index contributed by atoms with van der Waals surface area (Å²) in [7, 11) is 1.59. The van der Waals surface area contributed by atoms with E-state index in [9.17, 15) is 0 Å². The van der Waals surface area contributed by atoms with E-state index in [-0.39, 0.29) is 6.04 Å². The molecule has 0 fully saturated rings. The van der Waals surface area contributed by atoms with E-state index in [0.29, 0.717) is 10.7 Å². The monoisotopic (exact) mass is 295 g/mol. The lowest BCUT2D eigenvalue weighted by atomic mass is 10.3. The molecule has 2 aromatic heterocycles. The second-order valence-electron chi connectivity index (χ2n) is 4.72. The first kappa shape index (κ1) is 14.9. The molecular weight excluding hydrogens is 274 g/mol. The SMILES string of the molecule is CCN(CC)CC(C)n1c(=S)[nH]c2c(OC)ncnc21. The van der Waals surface area contributed by atoms with Gasteiger partial charge in [0.1, 0.15) is 11.8 Å². The molecule has 7 heteroatoms. The Hall–Kier alpha value is -1.47. The molecule has 1 unspecified atom stereocenters. The third-order valence-corrected chi connectivity index (χ3v) is 3.82. The minimum atomic E-state index is 0.232. The summed E-state index contributed by atoms with van der Waals surface area (Å²) in [4.78, 5) is 14.0. The minimum Gasteiger partial charge on any atom is -0.479 e. The van der Waals surface area contributed by atoms with E-state index in [0.717, 1.165) is 30.8 Å². The van der Waals surface area contributed by atoms with Crippen LogP contribution in [0.5, 0.6) is 5.88 Å². The lowest BCUT2D eigenvalue weighted by molar-refractivity contribution is 0.262. The fraction of sp³-hybridized carbons (Fsp3) is 0.615. The van der Waals surface area contributed by atoms with Crippen LogP contribution in [0.15, 0.2) is 6.33 Å². The molecule has 0 aromatic carbocycles. The minimum absolute atomic E-state index is 0.232. The molecule has 1 N–H and O–H groups in total. The van der Waals surface area contributed by atoms with E-state index in [2.05, 4.69) is 40.6 Å². The predicted molar refractivity (Wildman–Crippen MR) is 81.8 cm³/mol. The number of nitrogens with one attached hydrogen (secondary N) is 1.